The quantitative estimate of drug-likeness (QED) is 0.518. The van der Waals surface area contributed by atoms with Gasteiger partial charge in [-0.15, -0.1) is 0 Å². The first-order valence-electron chi connectivity index (χ1n) is 8.56. The Bertz CT molecular complexity index is 1340. The summed E-state index contributed by atoms with van der Waals surface area (Å²) in [6, 6.07) is 15.6. The van der Waals surface area contributed by atoms with E-state index in [1.165, 1.54) is 6.07 Å². The highest BCUT2D eigenvalue weighted by Gasteiger charge is 2.08. The number of aromatic amines is 1. The number of benzene rings is 1. The van der Waals surface area contributed by atoms with Gasteiger partial charge in [-0.05, 0) is 53.1 Å². The second kappa shape index (κ2) is 6.14. The fourth-order valence-corrected chi connectivity index (χ4v) is 3.32. The Labute approximate surface area is 154 Å². The zero-order chi connectivity index (χ0) is 18.2. The molecule has 1 aromatic carbocycles. The third kappa shape index (κ3) is 2.66. The van der Waals surface area contributed by atoms with Crippen molar-refractivity contribution in [1.82, 2.24) is 19.9 Å². The van der Waals surface area contributed by atoms with Crippen LogP contribution in [0.25, 0.3) is 44.2 Å². The van der Waals surface area contributed by atoms with Crippen LogP contribution in [0.4, 0.5) is 0 Å². The predicted octanol–water partition coefficient (Wildman–Crippen LogP) is 4.20. The molecular formula is C22H14N4O. The SMILES string of the molecule is O=c1cc[nH]c2cc(-c3ccc4nccc(-c5ccncc5)c4c3)cnc12. The van der Waals surface area contributed by atoms with Crippen LogP contribution in [0.15, 0.2) is 84.3 Å². The molecular weight excluding hydrogens is 336 g/mol. The highest BCUT2D eigenvalue weighted by Crippen LogP contribution is 2.31. The number of hydrogen-bond acceptors (Lipinski definition) is 4. The van der Waals surface area contributed by atoms with Gasteiger partial charge >= 0.3 is 0 Å². The third-order valence-electron chi connectivity index (χ3n) is 4.66. The molecule has 4 heterocycles. The number of hydrogen-bond donors (Lipinski definition) is 1. The maximum Gasteiger partial charge on any atom is 0.207 e. The van der Waals surface area contributed by atoms with E-state index in [-0.39, 0.29) is 5.43 Å². The Morgan fingerprint density at radius 3 is 2.56 bits per heavy atom. The third-order valence-corrected chi connectivity index (χ3v) is 4.66. The van der Waals surface area contributed by atoms with Crippen molar-refractivity contribution in [3.05, 3.63) is 89.7 Å². The normalized spacial score (nSPS) is 11.1. The van der Waals surface area contributed by atoms with Gasteiger partial charge in [0.05, 0.1) is 11.0 Å². The van der Waals surface area contributed by atoms with Crippen molar-refractivity contribution in [2.45, 2.75) is 0 Å². The van der Waals surface area contributed by atoms with E-state index < -0.39 is 0 Å². The molecule has 0 bridgehead atoms. The lowest BCUT2D eigenvalue weighted by Crippen LogP contribution is -2.02. The molecule has 128 valence electrons. The van der Waals surface area contributed by atoms with Gasteiger partial charge in [-0.1, -0.05) is 6.07 Å². The first-order valence-corrected chi connectivity index (χ1v) is 8.56. The van der Waals surface area contributed by atoms with Crippen LogP contribution in [0.2, 0.25) is 0 Å². The molecule has 5 heteroatoms. The van der Waals surface area contributed by atoms with Gasteiger partial charge in [0.25, 0.3) is 0 Å². The average molecular weight is 350 g/mol. The zero-order valence-corrected chi connectivity index (χ0v) is 14.3. The summed E-state index contributed by atoms with van der Waals surface area (Å²) in [7, 11) is 0. The maximum absolute atomic E-state index is 11.9. The summed E-state index contributed by atoms with van der Waals surface area (Å²) in [5, 5.41) is 1.06. The van der Waals surface area contributed by atoms with Crippen LogP contribution in [-0.4, -0.2) is 19.9 Å². The highest BCUT2D eigenvalue weighted by molar-refractivity contribution is 5.97. The van der Waals surface area contributed by atoms with E-state index in [1.54, 1.807) is 24.8 Å². The summed E-state index contributed by atoms with van der Waals surface area (Å²) in [6.07, 6.45) is 8.77. The molecule has 0 unspecified atom stereocenters. The number of aromatic nitrogens is 4. The molecule has 0 saturated heterocycles. The Balaban J connectivity index is 1.72. The summed E-state index contributed by atoms with van der Waals surface area (Å²) in [6.45, 7) is 0. The minimum Gasteiger partial charge on any atom is -0.360 e. The van der Waals surface area contributed by atoms with Crippen LogP contribution in [0.3, 0.4) is 0 Å². The van der Waals surface area contributed by atoms with Gasteiger partial charge in [-0.3, -0.25) is 14.8 Å². The minimum atomic E-state index is -0.0852. The van der Waals surface area contributed by atoms with E-state index in [9.17, 15) is 4.79 Å². The summed E-state index contributed by atoms with van der Waals surface area (Å²) < 4.78 is 0. The Hall–Kier alpha value is -3.86. The van der Waals surface area contributed by atoms with Crippen molar-refractivity contribution < 1.29 is 0 Å². The Morgan fingerprint density at radius 2 is 1.67 bits per heavy atom. The largest absolute Gasteiger partial charge is 0.360 e. The second-order valence-corrected chi connectivity index (χ2v) is 6.29. The predicted molar refractivity (Wildman–Crippen MR) is 106 cm³/mol. The van der Waals surface area contributed by atoms with Crippen LogP contribution >= 0.6 is 0 Å². The summed E-state index contributed by atoms with van der Waals surface area (Å²) in [4.78, 5) is 27.9. The molecule has 1 N–H and O–H groups in total. The van der Waals surface area contributed by atoms with Crippen molar-refractivity contribution >= 4 is 21.9 Å². The van der Waals surface area contributed by atoms with Crippen molar-refractivity contribution in [1.29, 1.82) is 0 Å². The van der Waals surface area contributed by atoms with Gasteiger partial charge < -0.3 is 4.98 Å². The van der Waals surface area contributed by atoms with Gasteiger partial charge in [0.1, 0.15) is 5.52 Å². The monoisotopic (exact) mass is 350 g/mol. The highest BCUT2D eigenvalue weighted by atomic mass is 16.1. The number of nitrogens with zero attached hydrogens (tertiary/aromatic N) is 3. The molecule has 0 spiro atoms. The van der Waals surface area contributed by atoms with Crippen molar-refractivity contribution in [2.24, 2.45) is 0 Å². The van der Waals surface area contributed by atoms with E-state index in [1.807, 2.05) is 42.6 Å². The Kier molecular flexibility index (Phi) is 3.50. The minimum absolute atomic E-state index is 0.0852. The van der Waals surface area contributed by atoms with Crippen molar-refractivity contribution in [3.8, 4) is 22.3 Å². The summed E-state index contributed by atoms with van der Waals surface area (Å²) in [5.41, 5.74) is 6.16. The lowest BCUT2D eigenvalue weighted by atomic mass is 9.98. The molecule has 27 heavy (non-hydrogen) atoms. The van der Waals surface area contributed by atoms with Crippen molar-refractivity contribution in [2.75, 3.05) is 0 Å². The van der Waals surface area contributed by atoms with Crippen molar-refractivity contribution in [3.63, 3.8) is 0 Å². The number of pyridine rings is 4. The molecule has 0 radical (unpaired) electrons. The van der Waals surface area contributed by atoms with Crippen LogP contribution < -0.4 is 5.43 Å². The van der Waals surface area contributed by atoms with Crippen LogP contribution in [0.1, 0.15) is 0 Å². The topological polar surface area (TPSA) is 71.5 Å². The van der Waals surface area contributed by atoms with E-state index >= 15 is 0 Å². The molecule has 0 aliphatic carbocycles. The van der Waals surface area contributed by atoms with E-state index in [4.69, 9.17) is 0 Å². The molecule has 0 saturated carbocycles. The molecule has 5 aromatic rings. The molecule has 0 amide bonds. The lowest BCUT2D eigenvalue weighted by molar-refractivity contribution is 1.31. The number of nitrogens with one attached hydrogen (secondary N) is 1. The standard InChI is InChI=1S/C22H14N4O/c27-21-6-10-25-20-12-16(13-26-22(20)21)15-1-2-19-18(11-15)17(5-9-24-19)14-3-7-23-8-4-14/h1-13H,(H,25,27). The van der Waals surface area contributed by atoms with Crippen LogP contribution in [0.5, 0.6) is 0 Å². The fraction of sp³-hybridized carbons (Fsp3) is 0. The van der Waals surface area contributed by atoms with Gasteiger partial charge in [0.15, 0.2) is 0 Å². The van der Waals surface area contributed by atoms with Gasteiger partial charge in [0.2, 0.25) is 5.43 Å². The molecule has 0 atom stereocenters. The molecule has 4 aromatic heterocycles. The fourth-order valence-electron chi connectivity index (χ4n) is 3.32. The zero-order valence-electron chi connectivity index (χ0n) is 14.3. The average Bonchev–Trinajstić information content (AvgIpc) is 2.73. The van der Waals surface area contributed by atoms with E-state index in [0.29, 0.717) is 5.52 Å². The first-order chi connectivity index (χ1) is 13.3. The van der Waals surface area contributed by atoms with Gasteiger partial charge in [0, 0.05) is 48.0 Å². The molecule has 5 rings (SSSR count). The summed E-state index contributed by atoms with van der Waals surface area (Å²) in [5.74, 6) is 0. The molecule has 5 nitrogen and oxygen atoms in total. The van der Waals surface area contributed by atoms with Crippen LogP contribution in [-0.2, 0) is 0 Å². The number of H-pyrrole nitrogens is 1. The number of fused-ring (bicyclic) bond motifs is 2. The lowest BCUT2D eigenvalue weighted by Gasteiger charge is -2.09. The maximum atomic E-state index is 11.9. The van der Waals surface area contributed by atoms with Gasteiger partial charge in [-0.25, -0.2) is 4.98 Å². The van der Waals surface area contributed by atoms with E-state index in [2.05, 4.69) is 26.0 Å². The second-order valence-electron chi connectivity index (χ2n) is 6.29. The molecule has 0 fully saturated rings. The Morgan fingerprint density at radius 1 is 0.778 bits per heavy atom. The summed E-state index contributed by atoms with van der Waals surface area (Å²) >= 11 is 0. The van der Waals surface area contributed by atoms with E-state index in [0.717, 1.165) is 38.7 Å². The number of rotatable bonds is 2. The van der Waals surface area contributed by atoms with Crippen LogP contribution in [0, 0.1) is 0 Å². The smallest absolute Gasteiger partial charge is 0.207 e. The van der Waals surface area contributed by atoms with Gasteiger partial charge in [-0.2, -0.15) is 0 Å². The molecule has 0 aliphatic rings. The molecule has 0 aliphatic heterocycles. The first kappa shape index (κ1) is 15.4.